The molecule has 0 heterocycles. The summed E-state index contributed by atoms with van der Waals surface area (Å²) in [7, 11) is 0.0803. The predicted octanol–water partition coefficient (Wildman–Crippen LogP) is 4.39. The summed E-state index contributed by atoms with van der Waals surface area (Å²) in [6.07, 6.45) is 0. The van der Waals surface area contributed by atoms with Crippen molar-refractivity contribution in [3.05, 3.63) is 78.9 Å². The third-order valence-corrected chi connectivity index (χ3v) is 3.12. The van der Waals surface area contributed by atoms with Gasteiger partial charge in [0, 0.05) is 17.1 Å². The van der Waals surface area contributed by atoms with E-state index < -0.39 is 0 Å². The van der Waals surface area contributed by atoms with Crippen LogP contribution < -0.4 is 5.30 Å². The van der Waals surface area contributed by atoms with Crippen LogP contribution in [-0.2, 0) is 21.6 Å². The minimum atomic E-state index is 0. The number of benzene rings is 1. The van der Waals surface area contributed by atoms with Crippen LogP contribution >= 0.6 is 8.46 Å². The van der Waals surface area contributed by atoms with Gasteiger partial charge in [-0.2, -0.15) is 12.1 Å². The second-order valence-electron chi connectivity index (χ2n) is 3.74. The quantitative estimate of drug-likeness (QED) is 0.390. The van der Waals surface area contributed by atoms with Crippen molar-refractivity contribution in [1.29, 1.82) is 0 Å². The molecular formula is C16H13FeOP-6. The van der Waals surface area contributed by atoms with Crippen LogP contribution in [0.3, 0.4) is 0 Å². The molecule has 3 aromatic carbocycles. The van der Waals surface area contributed by atoms with Crippen molar-refractivity contribution in [2.75, 3.05) is 0 Å². The SMILES string of the molecule is O=Pc1ccccc1-[c-]1cccc1.[Fe].[cH-]1[cH-][cH-][cH-][cH-]1. The molecule has 1 nitrogen and oxygen atoms in total. The van der Waals surface area contributed by atoms with Gasteiger partial charge in [0.1, 0.15) is 0 Å². The van der Waals surface area contributed by atoms with E-state index in [0.29, 0.717) is 0 Å². The van der Waals surface area contributed by atoms with Crippen molar-refractivity contribution in [2.45, 2.75) is 0 Å². The second kappa shape index (κ2) is 8.61. The van der Waals surface area contributed by atoms with E-state index in [0.717, 1.165) is 16.4 Å². The van der Waals surface area contributed by atoms with Crippen molar-refractivity contribution in [3.8, 4) is 11.1 Å². The molecular weight excluding hydrogens is 295 g/mol. The zero-order chi connectivity index (χ0) is 12.6. The normalized spacial score (nSPS) is 9.26. The molecule has 0 saturated heterocycles. The van der Waals surface area contributed by atoms with Gasteiger partial charge < -0.3 is 30.3 Å². The number of rotatable bonds is 2. The maximum atomic E-state index is 10.8. The smallest absolute Gasteiger partial charge is 0.150 e. The molecule has 0 atom stereocenters. The third kappa shape index (κ3) is 4.61. The Balaban J connectivity index is 0.000000256. The van der Waals surface area contributed by atoms with Gasteiger partial charge in [0.05, 0.1) is 0 Å². The largest absolute Gasteiger partial charge is 0.748 e. The van der Waals surface area contributed by atoms with Crippen molar-refractivity contribution < 1.29 is 21.6 Å². The summed E-state index contributed by atoms with van der Waals surface area (Å²) in [6, 6.07) is 25.7. The molecule has 0 aliphatic carbocycles. The van der Waals surface area contributed by atoms with E-state index in [9.17, 15) is 4.57 Å². The van der Waals surface area contributed by atoms with E-state index >= 15 is 0 Å². The summed E-state index contributed by atoms with van der Waals surface area (Å²) >= 11 is 0. The molecule has 102 valence electrons. The summed E-state index contributed by atoms with van der Waals surface area (Å²) in [6.45, 7) is 0. The predicted molar refractivity (Wildman–Crippen MR) is 76.7 cm³/mol. The first kappa shape index (κ1) is 15.6. The van der Waals surface area contributed by atoms with Gasteiger partial charge in [-0.25, -0.2) is 0 Å². The first-order chi connectivity index (χ1) is 8.92. The molecule has 19 heavy (non-hydrogen) atoms. The third-order valence-electron chi connectivity index (χ3n) is 2.53. The number of hydrogen-bond donors (Lipinski definition) is 0. The molecule has 0 saturated carbocycles. The Kier molecular flexibility index (Phi) is 7.07. The molecule has 0 aliphatic rings. The van der Waals surface area contributed by atoms with Crippen LogP contribution in [-0.4, -0.2) is 0 Å². The van der Waals surface area contributed by atoms with Crippen LogP contribution in [0.15, 0.2) is 78.9 Å². The molecule has 0 radical (unpaired) electrons. The fourth-order valence-electron chi connectivity index (χ4n) is 1.67. The van der Waals surface area contributed by atoms with Gasteiger partial charge in [-0.15, -0.1) is 23.8 Å². The molecule has 3 aromatic rings. The van der Waals surface area contributed by atoms with Crippen LogP contribution in [0.4, 0.5) is 0 Å². The van der Waals surface area contributed by atoms with E-state index in [2.05, 4.69) is 0 Å². The van der Waals surface area contributed by atoms with Gasteiger partial charge in [-0.3, -0.25) is 4.57 Å². The van der Waals surface area contributed by atoms with Crippen LogP contribution in [0.5, 0.6) is 0 Å². The fraction of sp³-hybridized carbons (Fsp3) is 0. The second-order valence-corrected chi connectivity index (χ2v) is 4.41. The molecule has 0 amide bonds. The summed E-state index contributed by atoms with van der Waals surface area (Å²) in [4.78, 5) is 0. The van der Waals surface area contributed by atoms with Crippen molar-refractivity contribution in [2.24, 2.45) is 0 Å². The topological polar surface area (TPSA) is 17.1 Å². The number of hydrogen-bond acceptors (Lipinski definition) is 1. The molecule has 0 aromatic heterocycles. The minimum absolute atomic E-state index is 0. The Labute approximate surface area is 125 Å². The zero-order valence-corrected chi connectivity index (χ0v) is 12.2. The zero-order valence-electron chi connectivity index (χ0n) is 10.2. The van der Waals surface area contributed by atoms with Gasteiger partial charge >= 0.3 is 0 Å². The molecule has 3 rings (SSSR count). The van der Waals surface area contributed by atoms with E-state index in [-0.39, 0.29) is 25.5 Å². The molecule has 0 bridgehead atoms. The Morgan fingerprint density at radius 3 is 1.89 bits per heavy atom. The molecule has 0 spiro atoms. The summed E-state index contributed by atoms with van der Waals surface area (Å²) < 4.78 is 10.8. The van der Waals surface area contributed by atoms with Crippen LogP contribution in [0.2, 0.25) is 0 Å². The van der Waals surface area contributed by atoms with Gasteiger partial charge in [-0.1, -0.05) is 23.8 Å². The average Bonchev–Trinajstić information content (AvgIpc) is 3.14. The fourth-order valence-corrected chi connectivity index (χ4v) is 2.12. The summed E-state index contributed by atoms with van der Waals surface area (Å²) in [5.41, 5.74) is 2.17. The maximum absolute atomic E-state index is 10.8. The van der Waals surface area contributed by atoms with Gasteiger partial charge in [0.2, 0.25) is 0 Å². The van der Waals surface area contributed by atoms with Crippen LogP contribution in [0.1, 0.15) is 0 Å². The van der Waals surface area contributed by atoms with Crippen molar-refractivity contribution in [3.63, 3.8) is 0 Å². The van der Waals surface area contributed by atoms with E-state index in [1.807, 2.05) is 78.9 Å². The summed E-state index contributed by atoms with van der Waals surface area (Å²) in [5, 5.41) is 0.841. The Hall–Kier alpha value is -1.46. The van der Waals surface area contributed by atoms with Gasteiger partial charge in [0.25, 0.3) is 0 Å². The average molecular weight is 308 g/mol. The monoisotopic (exact) mass is 308 g/mol. The van der Waals surface area contributed by atoms with Crippen molar-refractivity contribution >= 4 is 13.8 Å². The van der Waals surface area contributed by atoms with Gasteiger partial charge in [0.15, 0.2) is 8.46 Å². The Morgan fingerprint density at radius 2 is 1.37 bits per heavy atom. The van der Waals surface area contributed by atoms with Crippen LogP contribution in [0.25, 0.3) is 11.1 Å². The van der Waals surface area contributed by atoms with E-state index in [1.165, 1.54) is 0 Å². The molecule has 3 heteroatoms. The minimum Gasteiger partial charge on any atom is -0.748 e. The first-order valence-electron chi connectivity index (χ1n) is 5.73. The van der Waals surface area contributed by atoms with Crippen molar-refractivity contribution in [1.82, 2.24) is 0 Å². The van der Waals surface area contributed by atoms with E-state index in [1.54, 1.807) is 0 Å². The van der Waals surface area contributed by atoms with Crippen LogP contribution in [0, 0.1) is 0 Å². The molecule has 0 aliphatic heterocycles. The van der Waals surface area contributed by atoms with Gasteiger partial charge in [-0.05, 0) is 5.30 Å². The molecule has 0 fully saturated rings. The first-order valence-corrected chi connectivity index (χ1v) is 6.54. The molecule has 0 unspecified atom stereocenters. The standard InChI is InChI=1S/C11H8OP.C5H5.Fe/c12-13-11-8-4-3-7-10(11)9-5-1-2-6-9;1-2-4-5-3-1;/h1-8H;1-5H;/q-1;-5;. The Morgan fingerprint density at radius 1 is 0.842 bits per heavy atom. The maximum Gasteiger partial charge on any atom is 0.150 e. The van der Waals surface area contributed by atoms with E-state index in [4.69, 9.17) is 0 Å². The Bertz CT molecular complexity index is 553. The summed E-state index contributed by atoms with van der Waals surface area (Å²) in [5.74, 6) is 0. The molecule has 0 N–H and O–H groups in total.